The summed E-state index contributed by atoms with van der Waals surface area (Å²) in [5.74, 6) is 2.92. The van der Waals surface area contributed by atoms with E-state index in [9.17, 15) is 0 Å². The Hall–Kier alpha value is -0.540. The van der Waals surface area contributed by atoms with Gasteiger partial charge in [0.2, 0.25) is 0 Å². The number of nitrogens with one attached hydrogen (secondary N) is 1. The predicted molar refractivity (Wildman–Crippen MR) is 82.9 cm³/mol. The molecule has 1 aromatic heterocycles. The van der Waals surface area contributed by atoms with Crippen molar-refractivity contribution in [1.29, 1.82) is 0 Å². The maximum atomic E-state index is 6.44. The van der Waals surface area contributed by atoms with Gasteiger partial charge in [0.25, 0.3) is 0 Å². The first-order chi connectivity index (χ1) is 9.72. The fourth-order valence-corrected chi connectivity index (χ4v) is 4.52. The Morgan fingerprint density at radius 2 is 2.15 bits per heavy atom. The van der Waals surface area contributed by atoms with E-state index in [4.69, 9.17) is 11.6 Å². The van der Waals surface area contributed by atoms with Crippen LogP contribution in [-0.4, -0.2) is 16.3 Å². The van der Waals surface area contributed by atoms with Crippen molar-refractivity contribution in [1.82, 2.24) is 15.1 Å². The highest BCUT2D eigenvalue weighted by atomic mass is 35.5. The lowest BCUT2D eigenvalue weighted by Crippen LogP contribution is -2.27. The molecular weight excluding hydrogens is 270 g/mol. The van der Waals surface area contributed by atoms with Crippen LogP contribution < -0.4 is 5.32 Å². The molecule has 0 radical (unpaired) electrons. The number of hydrogen-bond donors (Lipinski definition) is 1. The second-order valence-electron chi connectivity index (χ2n) is 6.44. The fourth-order valence-electron chi connectivity index (χ4n) is 4.19. The van der Waals surface area contributed by atoms with E-state index in [-0.39, 0.29) is 0 Å². The van der Waals surface area contributed by atoms with Gasteiger partial charge in [0.05, 0.1) is 16.4 Å². The van der Waals surface area contributed by atoms with Crippen LogP contribution in [0, 0.1) is 17.8 Å². The van der Waals surface area contributed by atoms with Gasteiger partial charge >= 0.3 is 0 Å². The minimum absolute atomic E-state index is 0.855. The van der Waals surface area contributed by atoms with Gasteiger partial charge in [0.1, 0.15) is 0 Å². The number of aromatic nitrogens is 2. The van der Waals surface area contributed by atoms with Crippen molar-refractivity contribution < 1.29 is 0 Å². The highest BCUT2D eigenvalue weighted by Gasteiger charge is 2.38. The molecule has 0 amide bonds. The SMILES string of the molecule is CCc1nn(CC)c(CNCC2CC3CCC2C3)c1Cl. The van der Waals surface area contributed by atoms with E-state index in [1.54, 1.807) is 0 Å². The van der Waals surface area contributed by atoms with Crippen LogP contribution in [-0.2, 0) is 19.5 Å². The maximum absolute atomic E-state index is 6.44. The van der Waals surface area contributed by atoms with Gasteiger partial charge in [-0.15, -0.1) is 0 Å². The van der Waals surface area contributed by atoms with Crippen LogP contribution in [0.2, 0.25) is 5.02 Å². The van der Waals surface area contributed by atoms with Crippen LogP contribution in [0.15, 0.2) is 0 Å². The predicted octanol–water partition coefficient (Wildman–Crippen LogP) is 3.64. The molecule has 2 aliphatic carbocycles. The van der Waals surface area contributed by atoms with E-state index >= 15 is 0 Å². The zero-order chi connectivity index (χ0) is 14.1. The third-order valence-corrected chi connectivity index (χ3v) is 5.71. The van der Waals surface area contributed by atoms with Crippen molar-refractivity contribution in [3.05, 3.63) is 16.4 Å². The van der Waals surface area contributed by atoms with Crippen molar-refractivity contribution in [3.8, 4) is 0 Å². The summed E-state index contributed by atoms with van der Waals surface area (Å²) < 4.78 is 2.05. The summed E-state index contributed by atoms with van der Waals surface area (Å²) in [6.45, 7) is 7.13. The molecule has 1 aromatic rings. The smallest absolute Gasteiger partial charge is 0.0863 e. The number of nitrogens with zero attached hydrogens (tertiary/aromatic N) is 2. The average Bonchev–Trinajstić information content (AvgIpc) is 3.14. The number of hydrogen-bond acceptors (Lipinski definition) is 2. The van der Waals surface area contributed by atoms with E-state index in [2.05, 4.69) is 28.9 Å². The van der Waals surface area contributed by atoms with Gasteiger partial charge in [-0.25, -0.2) is 0 Å². The normalized spacial score (nSPS) is 28.4. The molecule has 4 heteroatoms. The quantitative estimate of drug-likeness (QED) is 0.868. The molecule has 2 saturated carbocycles. The van der Waals surface area contributed by atoms with Crippen molar-refractivity contribution in [2.75, 3.05) is 6.54 Å². The Balaban J connectivity index is 1.57. The third kappa shape index (κ3) is 2.62. The first-order valence-corrected chi connectivity index (χ1v) is 8.55. The molecule has 0 aromatic carbocycles. The van der Waals surface area contributed by atoms with Gasteiger partial charge in [-0.05, 0) is 56.9 Å². The lowest BCUT2D eigenvalue weighted by atomic mass is 9.89. The Labute approximate surface area is 127 Å². The second-order valence-corrected chi connectivity index (χ2v) is 6.82. The minimum Gasteiger partial charge on any atom is -0.311 e. The van der Waals surface area contributed by atoms with E-state index in [1.807, 2.05) is 0 Å². The highest BCUT2D eigenvalue weighted by Crippen LogP contribution is 2.47. The number of fused-ring (bicyclic) bond motifs is 2. The first-order valence-electron chi connectivity index (χ1n) is 8.17. The Bertz CT molecular complexity index is 469. The molecule has 2 bridgehead atoms. The molecule has 0 saturated heterocycles. The number of aryl methyl sites for hydroxylation is 2. The zero-order valence-electron chi connectivity index (χ0n) is 12.7. The van der Waals surface area contributed by atoms with Crippen molar-refractivity contribution in [3.63, 3.8) is 0 Å². The summed E-state index contributed by atoms with van der Waals surface area (Å²) in [5.41, 5.74) is 2.19. The molecule has 3 unspecified atom stereocenters. The standard InChI is InChI=1S/C16H26ClN3/c1-3-14-16(17)15(20(4-2)19-14)10-18-9-13-8-11-5-6-12(13)7-11/h11-13,18H,3-10H2,1-2H3. The van der Waals surface area contributed by atoms with Gasteiger partial charge in [-0.2, -0.15) is 5.10 Å². The zero-order valence-corrected chi connectivity index (χ0v) is 13.4. The van der Waals surface area contributed by atoms with Crippen LogP contribution in [0.25, 0.3) is 0 Å². The van der Waals surface area contributed by atoms with Gasteiger partial charge in [0, 0.05) is 13.1 Å². The van der Waals surface area contributed by atoms with Crippen LogP contribution in [0.5, 0.6) is 0 Å². The van der Waals surface area contributed by atoms with Crippen LogP contribution in [0.3, 0.4) is 0 Å². The molecule has 2 fully saturated rings. The summed E-state index contributed by atoms with van der Waals surface area (Å²) in [6.07, 6.45) is 6.78. The molecule has 0 spiro atoms. The summed E-state index contributed by atoms with van der Waals surface area (Å²) in [4.78, 5) is 0. The molecule has 0 aliphatic heterocycles. The lowest BCUT2D eigenvalue weighted by Gasteiger charge is -2.22. The van der Waals surface area contributed by atoms with Crippen molar-refractivity contribution >= 4 is 11.6 Å². The molecule has 20 heavy (non-hydrogen) atoms. The average molecular weight is 296 g/mol. The maximum Gasteiger partial charge on any atom is 0.0863 e. The molecule has 2 aliphatic rings. The minimum atomic E-state index is 0.855. The van der Waals surface area contributed by atoms with Crippen LogP contribution >= 0.6 is 11.6 Å². The van der Waals surface area contributed by atoms with Crippen LogP contribution in [0.4, 0.5) is 0 Å². The molecule has 1 N–H and O–H groups in total. The Morgan fingerprint density at radius 3 is 2.75 bits per heavy atom. The third-order valence-electron chi connectivity index (χ3n) is 5.28. The fraction of sp³-hybridized carbons (Fsp3) is 0.812. The van der Waals surface area contributed by atoms with Gasteiger partial charge in [0.15, 0.2) is 0 Å². The summed E-state index contributed by atoms with van der Waals surface area (Å²) >= 11 is 6.44. The molecule has 3 atom stereocenters. The largest absolute Gasteiger partial charge is 0.311 e. The van der Waals surface area contributed by atoms with E-state index in [0.717, 1.165) is 60.2 Å². The molecule has 112 valence electrons. The van der Waals surface area contributed by atoms with Gasteiger partial charge in [-0.3, -0.25) is 4.68 Å². The second kappa shape index (κ2) is 6.07. The monoisotopic (exact) mass is 295 g/mol. The van der Waals surface area contributed by atoms with Crippen LogP contribution in [0.1, 0.15) is 50.9 Å². The molecule has 1 heterocycles. The summed E-state index contributed by atoms with van der Waals surface area (Å²) in [5, 5.41) is 9.09. The summed E-state index contributed by atoms with van der Waals surface area (Å²) in [7, 11) is 0. The lowest BCUT2D eigenvalue weighted by molar-refractivity contribution is 0.317. The van der Waals surface area contributed by atoms with Crippen molar-refractivity contribution in [2.45, 2.75) is 59.0 Å². The van der Waals surface area contributed by atoms with Gasteiger partial charge < -0.3 is 5.32 Å². The number of halogens is 1. The molecule has 3 rings (SSSR count). The summed E-state index contributed by atoms with van der Waals surface area (Å²) in [6, 6.07) is 0. The Morgan fingerprint density at radius 1 is 1.30 bits per heavy atom. The molecular formula is C16H26ClN3. The topological polar surface area (TPSA) is 29.9 Å². The van der Waals surface area contributed by atoms with Gasteiger partial charge in [-0.1, -0.05) is 24.9 Å². The number of rotatable bonds is 6. The van der Waals surface area contributed by atoms with Crippen molar-refractivity contribution in [2.24, 2.45) is 17.8 Å². The van der Waals surface area contributed by atoms with E-state index < -0.39 is 0 Å². The highest BCUT2D eigenvalue weighted by molar-refractivity contribution is 6.31. The molecule has 3 nitrogen and oxygen atoms in total. The van der Waals surface area contributed by atoms with E-state index in [0.29, 0.717) is 0 Å². The first kappa shape index (κ1) is 14.4. The Kier molecular flexibility index (Phi) is 4.37. The van der Waals surface area contributed by atoms with E-state index in [1.165, 1.54) is 25.7 Å².